The molecular weight excluding hydrogens is 438 g/mol. The standard InChI is InChI=1S/C21H25N3O7S/c1-4-23(5-2)21(26)19(14-15-6-8-16(9-7-15)24(27)28)20(25)22-32(29,30)18-12-10-17(31-3)11-13-18/h6-13,19H,4-5,14H2,1-3H3,(H,22,25). The Morgan fingerprint density at radius 1 is 1.06 bits per heavy atom. The molecule has 2 aromatic carbocycles. The largest absolute Gasteiger partial charge is 0.497 e. The number of hydrogen-bond donors (Lipinski definition) is 1. The molecule has 0 aliphatic heterocycles. The highest BCUT2D eigenvalue weighted by Gasteiger charge is 2.33. The van der Waals surface area contributed by atoms with Gasteiger partial charge >= 0.3 is 0 Å². The molecule has 11 heteroatoms. The van der Waals surface area contributed by atoms with E-state index in [1.807, 2.05) is 4.72 Å². The summed E-state index contributed by atoms with van der Waals surface area (Å²) in [6.07, 6.45) is -0.114. The van der Waals surface area contributed by atoms with Crippen molar-refractivity contribution in [3.05, 3.63) is 64.2 Å². The van der Waals surface area contributed by atoms with Gasteiger partial charge in [0.05, 0.1) is 16.9 Å². The molecule has 0 saturated carbocycles. The van der Waals surface area contributed by atoms with Crippen molar-refractivity contribution >= 4 is 27.5 Å². The first-order chi connectivity index (χ1) is 15.1. The summed E-state index contributed by atoms with van der Waals surface area (Å²) in [4.78, 5) is 37.5. The van der Waals surface area contributed by atoms with Gasteiger partial charge in [-0.25, -0.2) is 13.1 Å². The lowest BCUT2D eigenvalue weighted by Crippen LogP contribution is -2.46. The minimum Gasteiger partial charge on any atom is -0.497 e. The number of rotatable bonds is 10. The first-order valence-electron chi connectivity index (χ1n) is 9.85. The number of sulfonamides is 1. The molecule has 2 amide bonds. The van der Waals surface area contributed by atoms with Crippen molar-refractivity contribution in [2.24, 2.45) is 5.92 Å². The molecule has 2 rings (SSSR count). The number of benzene rings is 2. The van der Waals surface area contributed by atoms with Gasteiger partial charge in [-0.05, 0) is 50.1 Å². The van der Waals surface area contributed by atoms with E-state index >= 15 is 0 Å². The van der Waals surface area contributed by atoms with Crippen LogP contribution in [0.2, 0.25) is 0 Å². The average Bonchev–Trinajstić information content (AvgIpc) is 2.78. The van der Waals surface area contributed by atoms with Crippen LogP contribution in [0.25, 0.3) is 0 Å². The van der Waals surface area contributed by atoms with E-state index < -0.39 is 32.7 Å². The van der Waals surface area contributed by atoms with E-state index in [2.05, 4.69) is 0 Å². The minimum atomic E-state index is -4.23. The Bertz CT molecular complexity index is 1060. The van der Waals surface area contributed by atoms with Gasteiger partial charge in [-0.15, -0.1) is 0 Å². The molecule has 0 radical (unpaired) electrons. The number of nitrogens with one attached hydrogen (secondary N) is 1. The zero-order chi connectivity index (χ0) is 23.9. The summed E-state index contributed by atoms with van der Waals surface area (Å²) in [6, 6.07) is 10.8. The van der Waals surface area contributed by atoms with E-state index in [0.717, 1.165) is 0 Å². The van der Waals surface area contributed by atoms with Crippen LogP contribution in [0.1, 0.15) is 19.4 Å². The fourth-order valence-electron chi connectivity index (χ4n) is 3.05. The van der Waals surface area contributed by atoms with Crippen molar-refractivity contribution in [3.8, 4) is 5.75 Å². The van der Waals surface area contributed by atoms with Crippen LogP contribution in [-0.4, -0.2) is 50.3 Å². The highest BCUT2D eigenvalue weighted by molar-refractivity contribution is 7.90. The molecule has 10 nitrogen and oxygen atoms in total. The molecule has 2 aromatic rings. The number of carbonyl (C=O) groups is 2. The second kappa shape index (κ2) is 10.7. The Morgan fingerprint density at radius 2 is 1.62 bits per heavy atom. The van der Waals surface area contributed by atoms with E-state index in [4.69, 9.17) is 4.74 Å². The van der Waals surface area contributed by atoms with E-state index in [1.165, 1.54) is 60.5 Å². The van der Waals surface area contributed by atoms with Gasteiger partial charge in [0, 0.05) is 25.2 Å². The van der Waals surface area contributed by atoms with Crippen LogP contribution in [0.4, 0.5) is 5.69 Å². The summed E-state index contributed by atoms with van der Waals surface area (Å²) in [6.45, 7) is 4.17. The first-order valence-corrected chi connectivity index (χ1v) is 11.3. The number of nitro groups is 1. The zero-order valence-electron chi connectivity index (χ0n) is 18.0. The fraction of sp³-hybridized carbons (Fsp3) is 0.333. The van der Waals surface area contributed by atoms with E-state index in [-0.39, 0.29) is 17.0 Å². The molecular formula is C21H25N3O7S. The summed E-state index contributed by atoms with van der Waals surface area (Å²) in [7, 11) is -2.79. The van der Waals surface area contributed by atoms with Crippen molar-refractivity contribution < 1.29 is 27.7 Å². The van der Waals surface area contributed by atoms with Crippen LogP contribution in [0.3, 0.4) is 0 Å². The molecule has 0 heterocycles. The molecule has 1 unspecified atom stereocenters. The summed E-state index contributed by atoms with van der Waals surface area (Å²) in [5.74, 6) is -2.39. The first kappa shape index (κ1) is 24.8. The minimum absolute atomic E-state index is 0.114. The SMILES string of the molecule is CCN(CC)C(=O)C(Cc1ccc([N+](=O)[O-])cc1)C(=O)NS(=O)(=O)c1ccc(OC)cc1. The Morgan fingerprint density at radius 3 is 2.09 bits per heavy atom. The summed E-state index contributed by atoms with van der Waals surface area (Å²) >= 11 is 0. The van der Waals surface area contributed by atoms with Crippen molar-refractivity contribution in [2.45, 2.75) is 25.2 Å². The number of non-ortho nitro benzene ring substituents is 1. The predicted molar refractivity (Wildman–Crippen MR) is 117 cm³/mol. The van der Waals surface area contributed by atoms with Crippen molar-refractivity contribution in [2.75, 3.05) is 20.2 Å². The number of nitrogens with zero attached hydrogens (tertiary/aromatic N) is 2. The quantitative estimate of drug-likeness (QED) is 0.324. The zero-order valence-corrected chi connectivity index (χ0v) is 18.8. The molecule has 0 saturated heterocycles. The second-order valence-electron chi connectivity index (χ2n) is 6.84. The molecule has 0 aromatic heterocycles. The third-order valence-electron chi connectivity index (χ3n) is 4.88. The Kier molecular flexibility index (Phi) is 8.30. The fourth-order valence-corrected chi connectivity index (χ4v) is 4.07. The van der Waals surface area contributed by atoms with Crippen LogP contribution >= 0.6 is 0 Å². The van der Waals surface area contributed by atoms with Gasteiger partial charge in [0.1, 0.15) is 11.7 Å². The van der Waals surface area contributed by atoms with Gasteiger partial charge in [-0.3, -0.25) is 19.7 Å². The number of hydrogen-bond acceptors (Lipinski definition) is 7. The van der Waals surface area contributed by atoms with Gasteiger partial charge in [0.2, 0.25) is 11.8 Å². The number of nitro benzene ring substituents is 1. The number of ether oxygens (including phenoxy) is 1. The van der Waals surface area contributed by atoms with E-state index in [9.17, 15) is 28.1 Å². The van der Waals surface area contributed by atoms with Crippen LogP contribution in [0, 0.1) is 16.0 Å². The lowest BCUT2D eigenvalue weighted by Gasteiger charge is -2.24. The molecule has 1 atom stereocenters. The maximum atomic E-state index is 13.0. The normalized spacial score (nSPS) is 12.0. The number of carbonyl (C=O) groups excluding carboxylic acids is 2. The lowest BCUT2D eigenvalue weighted by molar-refractivity contribution is -0.384. The van der Waals surface area contributed by atoms with Crippen molar-refractivity contribution in [3.63, 3.8) is 0 Å². The van der Waals surface area contributed by atoms with E-state index in [0.29, 0.717) is 24.4 Å². The Balaban J connectivity index is 2.31. The van der Waals surface area contributed by atoms with Crippen molar-refractivity contribution in [1.82, 2.24) is 9.62 Å². The maximum Gasteiger partial charge on any atom is 0.269 e. The maximum absolute atomic E-state index is 13.0. The van der Waals surface area contributed by atoms with Gasteiger partial charge in [0.15, 0.2) is 0 Å². The summed E-state index contributed by atoms with van der Waals surface area (Å²) in [5, 5.41) is 10.9. The molecule has 0 fully saturated rings. The average molecular weight is 464 g/mol. The molecule has 172 valence electrons. The molecule has 0 aliphatic rings. The van der Waals surface area contributed by atoms with Crippen molar-refractivity contribution in [1.29, 1.82) is 0 Å². The third-order valence-corrected chi connectivity index (χ3v) is 6.24. The Hall–Kier alpha value is -3.47. The van der Waals surface area contributed by atoms with Gasteiger partial charge in [-0.1, -0.05) is 12.1 Å². The highest BCUT2D eigenvalue weighted by Crippen LogP contribution is 2.19. The highest BCUT2D eigenvalue weighted by atomic mass is 32.2. The van der Waals surface area contributed by atoms with Gasteiger partial charge < -0.3 is 9.64 Å². The lowest BCUT2D eigenvalue weighted by atomic mass is 9.97. The topological polar surface area (TPSA) is 136 Å². The number of methoxy groups -OCH3 is 1. The summed E-state index contributed by atoms with van der Waals surface area (Å²) in [5.41, 5.74) is 0.352. The van der Waals surface area contributed by atoms with Crippen LogP contribution in [0.15, 0.2) is 53.4 Å². The molecule has 0 spiro atoms. The number of amides is 2. The van der Waals surface area contributed by atoms with Crippen LogP contribution < -0.4 is 9.46 Å². The Labute approximate surface area is 186 Å². The van der Waals surface area contributed by atoms with Gasteiger partial charge in [-0.2, -0.15) is 0 Å². The monoisotopic (exact) mass is 463 g/mol. The third kappa shape index (κ3) is 6.03. The van der Waals surface area contributed by atoms with Gasteiger partial charge in [0.25, 0.3) is 15.7 Å². The molecule has 0 bridgehead atoms. The van der Waals surface area contributed by atoms with Crippen LogP contribution in [0.5, 0.6) is 5.75 Å². The summed E-state index contributed by atoms with van der Waals surface area (Å²) < 4.78 is 32.3. The van der Waals surface area contributed by atoms with Crippen LogP contribution in [-0.2, 0) is 26.0 Å². The molecule has 32 heavy (non-hydrogen) atoms. The second-order valence-corrected chi connectivity index (χ2v) is 8.52. The molecule has 1 N–H and O–H groups in total. The smallest absolute Gasteiger partial charge is 0.269 e. The molecule has 0 aliphatic carbocycles. The van der Waals surface area contributed by atoms with E-state index in [1.54, 1.807) is 13.8 Å². The predicted octanol–water partition coefficient (Wildman–Crippen LogP) is 2.14.